The van der Waals surface area contributed by atoms with E-state index >= 15 is 0 Å². The maximum absolute atomic E-state index is 12.7. The van der Waals surface area contributed by atoms with Gasteiger partial charge in [-0.1, -0.05) is 22.0 Å². The number of nitrogens with zero attached hydrogens (tertiary/aromatic N) is 3. The molecule has 1 atom stereocenters. The summed E-state index contributed by atoms with van der Waals surface area (Å²) in [4.78, 5) is 10.7. The predicted octanol–water partition coefficient (Wildman–Crippen LogP) is 4.74. The molecule has 1 aliphatic carbocycles. The first-order valence-electron chi connectivity index (χ1n) is 10.2. The molecule has 0 bridgehead atoms. The Hall–Kier alpha value is -2.07. The van der Waals surface area contributed by atoms with E-state index in [9.17, 15) is 13.2 Å². The van der Waals surface area contributed by atoms with E-state index < -0.39 is 6.36 Å². The maximum Gasteiger partial charge on any atom is 0.573 e. The number of alkyl halides is 3. The molecule has 1 heterocycles. The molecule has 1 unspecified atom stereocenters. The van der Waals surface area contributed by atoms with Crippen LogP contribution in [-0.2, 0) is 6.42 Å². The lowest BCUT2D eigenvalue weighted by molar-refractivity contribution is -0.274. The summed E-state index contributed by atoms with van der Waals surface area (Å²) >= 11 is 3.19. The molecule has 1 saturated carbocycles. The van der Waals surface area contributed by atoms with Gasteiger partial charge in [0.05, 0.1) is 0 Å². The van der Waals surface area contributed by atoms with Crippen LogP contribution in [0.25, 0.3) is 0 Å². The van der Waals surface area contributed by atoms with Crippen molar-refractivity contribution < 1.29 is 17.9 Å². The van der Waals surface area contributed by atoms with Gasteiger partial charge in [0.15, 0.2) is 0 Å². The van der Waals surface area contributed by atoms with Gasteiger partial charge in [0.25, 0.3) is 0 Å². The third-order valence-electron chi connectivity index (χ3n) is 5.52. The number of rotatable bonds is 7. The van der Waals surface area contributed by atoms with Gasteiger partial charge in [0.1, 0.15) is 11.6 Å². The quantitative estimate of drug-likeness (QED) is 0.570. The minimum Gasteiger partial charge on any atom is -0.405 e. The molecule has 3 N–H and O–H groups in total. The lowest BCUT2D eigenvalue weighted by atomic mass is 9.80. The topological polar surface area (TPSA) is 76.3 Å². The molecular weight excluding hydrogens is 475 g/mol. The minimum atomic E-state index is -4.74. The van der Waals surface area contributed by atoms with E-state index in [0.717, 1.165) is 31.5 Å². The summed E-state index contributed by atoms with van der Waals surface area (Å²) < 4.78 is 43.0. The number of ether oxygens (including phenoxy) is 1. The summed E-state index contributed by atoms with van der Waals surface area (Å²) in [5.74, 6) is 1.46. The first-order valence-corrected chi connectivity index (χ1v) is 11.0. The Morgan fingerprint density at radius 3 is 2.58 bits per heavy atom. The van der Waals surface area contributed by atoms with Crippen molar-refractivity contribution >= 4 is 27.7 Å². The van der Waals surface area contributed by atoms with Gasteiger partial charge < -0.3 is 20.7 Å². The van der Waals surface area contributed by atoms with Gasteiger partial charge in [-0.2, -0.15) is 4.98 Å². The molecular formula is C21H27BrF3N5O. The van der Waals surface area contributed by atoms with Gasteiger partial charge in [-0.15, -0.1) is 13.2 Å². The van der Waals surface area contributed by atoms with Gasteiger partial charge >= 0.3 is 6.36 Å². The van der Waals surface area contributed by atoms with Crippen LogP contribution in [0.4, 0.5) is 24.9 Å². The van der Waals surface area contributed by atoms with Crippen LogP contribution in [0.2, 0.25) is 0 Å². The molecule has 31 heavy (non-hydrogen) atoms. The van der Waals surface area contributed by atoms with Crippen molar-refractivity contribution in [2.45, 2.75) is 50.6 Å². The van der Waals surface area contributed by atoms with Gasteiger partial charge in [-0.25, -0.2) is 4.98 Å². The minimum absolute atomic E-state index is 0.203. The summed E-state index contributed by atoms with van der Waals surface area (Å²) in [6, 6.07) is 6.52. The summed E-state index contributed by atoms with van der Waals surface area (Å²) in [5, 5.41) is 3.39. The lowest BCUT2D eigenvalue weighted by Crippen LogP contribution is -2.37. The Bertz CT molecular complexity index is 872. The second-order valence-electron chi connectivity index (χ2n) is 8.06. The van der Waals surface area contributed by atoms with E-state index in [1.54, 1.807) is 18.3 Å². The summed E-state index contributed by atoms with van der Waals surface area (Å²) in [5.41, 5.74) is 6.86. The number of nitrogens with one attached hydrogen (secondary N) is 1. The van der Waals surface area contributed by atoms with Crippen molar-refractivity contribution in [2.24, 2.45) is 11.7 Å². The van der Waals surface area contributed by atoms with Crippen LogP contribution in [0.15, 0.2) is 34.9 Å². The summed E-state index contributed by atoms with van der Waals surface area (Å²) in [6.07, 6.45) is 0.895. The molecule has 1 fully saturated rings. The lowest BCUT2D eigenvalue weighted by Gasteiger charge is -2.33. The number of hydrogen-bond donors (Lipinski definition) is 2. The van der Waals surface area contributed by atoms with Crippen LogP contribution in [0, 0.1) is 5.92 Å². The van der Waals surface area contributed by atoms with Gasteiger partial charge in [-0.3, -0.25) is 0 Å². The zero-order chi connectivity index (χ0) is 22.6. The fourth-order valence-electron chi connectivity index (χ4n) is 3.88. The van der Waals surface area contributed by atoms with Crippen molar-refractivity contribution in [3.8, 4) is 5.75 Å². The monoisotopic (exact) mass is 501 g/mol. The van der Waals surface area contributed by atoms with E-state index in [2.05, 4.69) is 36.0 Å². The molecule has 0 spiro atoms. The van der Waals surface area contributed by atoms with Crippen LogP contribution >= 0.6 is 15.9 Å². The number of halogens is 4. The molecule has 1 aliphatic rings. The van der Waals surface area contributed by atoms with Crippen LogP contribution < -0.4 is 20.7 Å². The van der Waals surface area contributed by atoms with Crippen molar-refractivity contribution in [3.63, 3.8) is 0 Å². The Morgan fingerprint density at radius 2 is 1.94 bits per heavy atom. The average molecular weight is 502 g/mol. The van der Waals surface area contributed by atoms with Gasteiger partial charge in [0, 0.05) is 36.8 Å². The summed E-state index contributed by atoms with van der Waals surface area (Å²) in [6.45, 7) is 0. The largest absolute Gasteiger partial charge is 0.573 e. The number of nitrogens with two attached hydrogens (primary N) is 1. The van der Waals surface area contributed by atoms with E-state index in [-0.39, 0.29) is 23.8 Å². The highest BCUT2D eigenvalue weighted by atomic mass is 79.9. The number of hydrogen-bond acceptors (Lipinski definition) is 6. The number of aromatic nitrogens is 2. The SMILES string of the molecule is CN(C)c1ccnc(NC2CCC(C(N)Cc3ccc(Br)cc3OC(F)(F)F)CC2)n1. The van der Waals surface area contributed by atoms with Crippen LogP contribution in [0.3, 0.4) is 0 Å². The maximum atomic E-state index is 12.7. The Labute approximate surface area is 188 Å². The smallest absolute Gasteiger partial charge is 0.405 e. The Balaban J connectivity index is 1.56. The number of benzene rings is 1. The van der Waals surface area contributed by atoms with Crippen LogP contribution in [0.1, 0.15) is 31.2 Å². The normalized spacial score (nSPS) is 20.2. The van der Waals surface area contributed by atoms with Gasteiger partial charge in [-0.05, 0) is 61.8 Å². The second kappa shape index (κ2) is 10.0. The zero-order valence-corrected chi connectivity index (χ0v) is 19.1. The predicted molar refractivity (Wildman–Crippen MR) is 118 cm³/mol. The highest BCUT2D eigenvalue weighted by molar-refractivity contribution is 9.10. The van der Waals surface area contributed by atoms with Crippen molar-refractivity contribution in [1.29, 1.82) is 0 Å². The van der Waals surface area contributed by atoms with E-state index in [1.165, 1.54) is 6.07 Å². The fraction of sp³-hybridized carbons (Fsp3) is 0.524. The fourth-order valence-corrected chi connectivity index (χ4v) is 4.22. The highest BCUT2D eigenvalue weighted by Crippen LogP contribution is 2.33. The van der Waals surface area contributed by atoms with Gasteiger partial charge in [0.2, 0.25) is 5.95 Å². The molecule has 1 aromatic carbocycles. The highest BCUT2D eigenvalue weighted by Gasteiger charge is 2.33. The Morgan fingerprint density at radius 1 is 1.23 bits per heavy atom. The molecule has 170 valence electrons. The van der Waals surface area contributed by atoms with Crippen molar-refractivity contribution in [2.75, 3.05) is 24.3 Å². The third kappa shape index (κ3) is 6.96. The standard InChI is InChI=1S/C21H27BrF3N5O/c1-30(2)19-9-10-27-20(29-19)28-16-7-4-13(5-8-16)17(26)11-14-3-6-15(22)12-18(14)31-21(23,24)25/h3,6,9-10,12-13,16-17H,4-5,7-8,11,26H2,1-2H3,(H,27,28,29). The third-order valence-corrected chi connectivity index (χ3v) is 6.01. The molecule has 6 nitrogen and oxygen atoms in total. The molecule has 0 aliphatic heterocycles. The van der Waals surface area contributed by atoms with E-state index in [4.69, 9.17) is 5.73 Å². The second-order valence-corrected chi connectivity index (χ2v) is 8.97. The van der Waals surface area contributed by atoms with Crippen LogP contribution in [0.5, 0.6) is 5.75 Å². The Kier molecular flexibility index (Phi) is 7.64. The molecule has 10 heteroatoms. The van der Waals surface area contributed by atoms with E-state index in [1.807, 2.05) is 25.1 Å². The molecule has 3 rings (SSSR count). The molecule has 2 aromatic rings. The van der Waals surface area contributed by atoms with Crippen molar-refractivity contribution in [3.05, 3.63) is 40.5 Å². The zero-order valence-electron chi connectivity index (χ0n) is 17.5. The molecule has 0 radical (unpaired) electrons. The summed E-state index contributed by atoms with van der Waals surface area (Å²) in [7, 11) is 3.85. The average Bonchev–Trinajstić information content (AvgIpc) is 2.69. The van der Waals surface area contributed by atoms with Crippen molar-refractivity contribution in [1.82, 2.24) is 9.97 Å². The first-order chi connectivity index (χ1) is 14.6. The molecule has 0 saturated heterocycles. The van der Waals surface area contributed by atoms with E-state index in [0.29, 0.717) is 22.4 Å². The molecule has 1 aromatic heterocycles. The first kappa shape index (κ1) is 23.6. The van der Waals surface area contributed by atoms with Crippen LogP contribution in [-0.4, -0.2) is 42.5 Å². The molecule has 0 amide bonds. The number of anilines is 2.